The average molecular weight is 256 g/mol. The van der Waals surface area contributed by atoms with E-state index in [1.54, 1.807) is 7.11 Å². The van der Waals surface area contributed by atoms with Crippen molar-refractivity contribution in [3.8, 4) is 0 Å². The molecule has 5 heteroatoms. The van der Waals surface area contributed by atoms with E-state index in [0.29, 0.717) is 5.84 Å². The second kappa shape index (κ2) is 11.2. The molecule has 1 aliphatic heterocycles. The summed E-state index contributed by atoms with van der Waals surface area (Å²) in [6.45, 7) is 7.54. The Balaban J connectivity index is 0.00000137. The first-order valence-electron chi connectivity index (χ1n) is 6.69. The minimum atomic E-state index is 0.254. The van der Waals surface area contributed by atoms with Crippen molar-refractivity contribution in [2.24, 2.45) is 0 Å². The molecule has 0 aromatic rings. The van der Waals surface area contributed by atoms with Gasteiger partial charge < -0.3 is 15.0 Å². The molecule has 5 nitrogen and oxygen atoms in total. The van der Waals surface area contributed by atoms with Crippen molar-refractivity contribution in [2.45, 2.75) is 45.1 Å². The van der Waals surface area contributed by atoms with E-state index in [1.165, 1.54) is 19.3 Å². The molecule has 3 N–H and O–H groups in total. The quantitative estimate of drug-likeness (QED) is 0.482. The number of likely N-dealkylation sites (tertiary alicyclic amines) is 1. The molecular weight excluding hydrogens is 228 g/mol. The summed E-state index contributed by atoms with van der Waals surface area (Å²) in [5.74, 6) is 0.709. The Morgan fingerprint density at radius 3 is 2.72 bits per heavy atom. The van der Waals surface area contributed by atoms with E-state index in [9.17, 15) is 0 Å². The number of amidine groups is 1. The summed E-state index contributed by atoms with van der Waals surface area (Å²) >= 11 is 0. The number of nitrogens with zero attached hydrogens (tertiary/aromatic N) is 1. The van der Waals surface area contributed by atoms with Gasteiger partial charge in [-0.15, -0.1) is 0 Å². The summed E-state index contributed by atoms with van der Waals surface area (Å²) in [7, 11) is 1.73. The van der Waals surface area contributed by atoms with Crippen LogP contribution in [-0.2, 0) is 4.74 Å². The van der Waals surface area contributed by atoms with Gasteiger partial charge in [-0.3, -0.25) is 10.7 Å². The molecule has 0 aromatic carbocycles. The summed E-state index contributed by atoms with van der Waals surface area (Å²) < 4.78 is 5.28. The van der Waals surface area contributed by atoms with E-state index in [4.69, 9.17) is 15.6 Å². The number of methoxy groups -OCH3 is 1. The number of piperidine rings is 1. The zero-order chi connectivity index (χ0) is 13.8. The zero-order valence-electron chi connectivity index (χ0n) is 11.8. The monoisotopic (exact) mass is 256 g/mol. The number of rotatable bonds is 7. The zero-order valence-corrected chi connectivity index (χ0v) is 11.8. The summed E-state index contributed by atoms with van der Waals surface area (Å²) in [5.41, 5.74) is 0. The molecule has 0 aromatic heterocycles. The molecule has 0 aliphatic carbocycles. The molecular formula is C13H28N4O. The van der Waals surface area contributed by atoms with E-state index in [1.807, 2.05) is 0 Å². The maximum absolute atomic E-state index is 7.90. The fourth-order valence-corrected chi connectivity index (χ4v) is 1.97. The van der Waals surface area contributed by atoms with Crippen LogP contribution in [0.15, 0.2) is 0 Å². The van der Waals surface area contributed by atoms with Crippen molar-refractivity contribution in [3.63, 3.8) is 0 Å². The van der Waals surface area contributed by atoms with Crippen molar-refractivity contribution in [1.82, 2.24) is 10.2 Å². The van der Waals surface area contributed by atoms with Gasteiger partial charge in [-0.1, -0.05) is 19.8 Å². The van der Waals surface area contributed by atoms with E-state index in [0.717, 1.165) is 32.6 Å². The molecule has 1 aliphatic rings. The third-order valence-electron chi connectivity index (χ3n) is 3.12. The number of unbranched alkanes of at least 4 members (excludes halogenated alkanes) is 2. The molecule has 0 radical (unpaired) electrons. The SMILES string of the molecule is C=N.CCCCCNCN1CCC(OC)CC1=N. The van der Waals surface area contributed by atoms with Gasteiger partial charge in [-0.05, 0) is 26.1 Å². The standard InChI is InChI=1S/C12H25N3O.CH3N/c1-3-4-5-7-14-10-15-8-6-11(16-2)9-12(15)13;1-2/h11,13-14H,3-10H2,1-2H3;2H,1H2. The predicted octanol–water partition coefficient (Wildman–Crippen LogP) is 2.08. The second-order valence-corrected chi connectivity index (χ2v) is 4.43. The number of nitrogens with one attached hydrogen (secondary N) is 3. The van der Waals surface area contributed by atoms with Crippen LogP contribution in [0, 0.1) is 10.8 Å². The molecule has 0 spiro atoms. The van der Waals surface area contributed by atoms with Gasteiger partial charge in [0.2, 0.25) is 0 Å². The average Bonchev–Trinajstić information content (AvgIpc) is 2.42. The van der Waals surface area contributed by atoms with Crippen LogP contribution >= 0.6 is 0 Å². The lowest BCUT2D eigenvalue weighted by atomic mass is 10.1. The van der Waals surface area contributed by atoms with Gasteiger partial charge in [-0.2, -0.15) is 0 Å². The van der Waals surface area contributed by atoms with E-state index in [-0.39, 0.29) is 6.10 Å². The Bertz CT molecular complexity index is 223. The first kappa shape index (κ1) is 17.1. The summed E-state index contributed by atoms with van der Waals surface area (Å²) in [4.78, 5) is 2.11. The highest BCUT2D eigenvalue weighted by atomic mass is 16.5. The Morgan fingerprint density at radius 1 is 1.44 bits per heavy atom. The summed E-state index contributed by atoms with van der Waals surface area (Å²) in [6.07, 6.45) is 5.83. The van der Waals surface area contributed by atoms with Gasteiger partial charge in [0.25, 0.3) is 0 Å². The fourth-order valence-electron chi connectivity index (χ4n) is 1.97. The van der Waals surface area contributed by atoms with E-state index < -0.39 is 0 Å². The van der Waals surface area contributed by atoms with Crippen molar-refractivity contribution < 1.29 is 4.74 Å². The van der Waals surface area contributed by atoms with Gasteiger partial charge >= 0.3 is 0 Å². The van der Waals surface area contributed by atoms with Gasteiger partial charge in [-0.25, -0.2) is 0 Å². The molecule has 1 saturated heterocycles. The van der Waals surface area contributed by atoms with Gasteiger partial charge in [0, 0.05) is 20.1 Å². The molecule has 1 heterocycles. The topological polar surface area (TPSA) is 72.2 Å². The normalized spacial score (nSPS) is 19.3. The van der Waals surface area contributed by atoms with Crippen LogP contribution in [0.5, 0.6) is 0 Å². The highest BCUT2D eigenvalue weighted by Gasteiger charge is 2.22. The molecule has 1 atom stereocenters. The van der Waals surface area contributed by atoms with E-state index >= 15 is 0 Å². The lowest BCUT2D eigenvalue weighted by Crippen LogP contribution is -2.45. The van der Waals surface area contributed by atoms with Crippen LogP contribution in [0.25, 0.3) is 0 Å². The minimum absolute atomic E-state index is 0.254. The van der Waals surface area contributed by atoms with Crippen molar-refractivity contribution >= 4 is 12.6 Å². The lowest BCUT2D eigenvalue weighted by Gasteiger charge is -2.33. The molecule has 0 saturated carbocycles. The van der Waals surface area contributed by atoms with Crippen molar-refractivity contribution in [2.75, 3.05) is 26.9 Å². The van der Waals surface area contributed by atoms with Gasteiger partial charge in [0.15, 0.2) is 0 Å². The fraction of sp³-hybridized carbons (Fsp3) is 0.846. The third kappa shape index (κ3) is 6.71. The van der Waals surface area contributed by atoms with Crippen LogP contribution in [-0.4, -0.2) is 50.4 Å². The highest BCUT2D eigenvalue weighted by Crippen LogP contribution is 2.13. The maximum atomic E-state index is 7.90. The molecule has 18 heavy (non-hydrogen) atoms. The summed E-state index contributed by atoms with van der Waals surface area (Å²) in [6, 6.07) is 0. The first-order chi connectivity index (χ1) is 8.77. The second-order valence-electron chi connectivity index (χ2n) is 4.43. The van der Waals surface area contributed by atoms with Crippen LogP contribution in [0.2, 0.25) is 0 Å². The van der Waals surface area contributed by atoms with Gasteiger partial charge in [0.1, 0.15) is 0 Å². The van der Waals surface area contributed by atoms with Crippen LogP contribution in [0.1, 0.15) is 39.0 Å². The minimum Gasteiger partial charge on any atom is -0.381 e. The van der Waals surface area contributed by atoms with Crippen molar-refractivity contribution in [1.29, 1.82) is 10.8 Å². The molecule has 1 rings (SSSR count). The van der Waals surface area contributed by atoms with Crippen molar-refractivity contribution in [3.05, 3.63) is 0 Å². The maximum Gasteiger partial charge on any atom is 0.0994 e. The Hall–Kier alpha value is -0.940. The largest absolute Gasteiger partial charge is 0.381 e. The first-order valence-corrected chi connectivity index (χ1v) is 6.69. The van der Waals surface area contributed by atoms with Crippen LogP contribution < -0.4 is 5.32 Å². The Morgan fingerprint density at radius 2 is 2.17 bits per heavy atom. The number of ether oxygens (including phenoxy) is 1. The lowest BCUT2D eigenvalue weighted by molar-refractivity contribution is 0.0794. The molecule has 1 fully saturated rings. The predicted molar refractivity (Wildman–Crippen MR) is 76.7 cm³/mol. The van der Waals surface area contributed by atoms with Crippen LogP contribution in [0.3, 0.4) is 0 Å². The smallest absolute Gasteiger partial charge is 0.0994 e. The Kier molecular flexibility index (Phi) is 10.6. The highest BCUT2D eigenvalue weighted by molar-refractivity contribution is 5.80. The van der Waals surface area contributed by atoms with Gasteiger partial charge in [0.05, 0.1) is 18.6 Å². The molecule has 0 bridgehead atoms. The Labute approximate surface area is 111 Å². The van der Waals surface area contributed by atoms with E-state index in [2.05, 4.69) is 23.9 Å². The van der Waals surface area contributed by atoms with Crippen LogP contribution in [0.4, 0.5) is 0 Å². The molecule has 0 amide bonds. The molecule has 106 valence electrons. The molecule has 1 unspecified atom stereocenters. The number of hydrogen-bond acceptors (Lipinski definition) is 4. The third-order valence-corrected chi connectivity index (χ3v) is 3.12. The summed E-state index contributed by atoms with van der Waals surface area (Å²) in [5, 5.41) is 16.8. The number of hydrogen-bond donors (Lipinski definition) is 3.